The molecule has 96 valence electrons. The molecule has 0 heterocycles. The van der Waals surface area contributed by atoms with Gasteiger partial charge in [0.25, 0.3) is 0 Å². The zero-order valence-corrected chi connectivity index (χ0v) is 11.6. The number of ether oxygens (including phenoxy) is 1. The molecule has 0 fully saturated rings. The van der Waals surface area contributed by atoms with Gasteiger partial charge in [-0.2, -0.15) is 0 Å². The van der Waals surface area contributed by atoms with Crippen molar-refractivity contribution >= 4 is 11.6 Å². The molecule has 0 aliphatic heterocycles. The van der Waals surface area contributed by atoms with Gasteiger partial charge < -0.3 is 4.74 Å². The molecule has 0 saturated carbocycles. The Morgan fingerprint density at radius 1 is 1.41 bits per heavy atom. The normalized spacial score (nSPS) is 13.5. The fourth-order valence-electron chi connectivity index (χ4n) is 1.74. The summed E-state index contributed by atoms with van der Waals surface area (Å²) in [4.78, 5) is 0. The molecule has 0 aromatic heterocycles. The Morgan fingerprint density at radius 3 is 2.53 bits per heavy atom. The molecule has 0 aliphatic rings. The van der Waals surface area contributed by atoms with Crippen LogP contribution in [0.3, 0.4) is 0 Å². The van der Waals surface area contributed by atoms with Crippen molar-refractivity contribution in [1.29, 1.82) is 0 Å². The molecule has 17 heavy (non-hydrogen) atoms. The molecule has 1 aromatic rings. The van der Waals surface area contributed by atoms with E-state index in [0.717, 1.165) is 17.7 Å². The quantitative estimate of drug-likeness (QED) is 0.643. The highest BCUT2D eigenvalue weighted by Crippen LogP contribution is 2.28. The fourth-order valence-corrected chi connectivity index (χ4v) is 1.94. The maximum atomic E-state index is 6.01. The standard InChI is InChI=1S/C13H21ClN2O/c1-13(2,3)12(16-15)8-9-7-10(14)5-6-11(9)17-4/h5-7,12,16H,8,15H2,1-4H3. The van der Waals surface area contributed by atoms with Crippen molar-refractivity contribution in [3.63, 3.8) is 0 Å². The summed E-state index contributed by atoms with van der Waals surface area (Å²) in [5.41, 5.74) is 4.00. The molecule has 0 bridgehead atoms. The van der Waals surface area contributed by atoms with Gasteiger partial charge >= 0.3 is 0 Å². The summed E-state index contributed by atoms with van der Waals surface area (Å²) < 4.78 is 5.33. The highest BCUT2D eigenvalue weighted by atomic mass is 35.5. The first-order chi connectivity index (χ1) is 7.88. The summed E-state index contributed by atoms with van der Waals surface area (Å²) >= 11 is 6.01. The number of nitrogens with two attached hydrogens (primary N) is 1. The number of halogens is 1. The van der Waals surface area contributed by atoms with E-state index in [1.165, 1.54) is 0 Å². The molecule has 0 amide bonds. The van der Waals surface area contributed by atoms with E-state index < -0.39 is 0 Å². The maximum absolute atomic E-state index is 6.01. The molecule has 0 radical (unpaired) electrons. The van der Waals surface area contributed by atoms with Crippen LogP contribution in [0.2, 0.25) is 5.02 Å². The number of benzene rings is 1. The van der Waals surface area contributed by atoms with Gasteiger partial charge in [-0.15, -0.1) is 0 Å². The topological polar surface area (TPSA) is 47.3 Å². The zero-order chi connectivity index (χ0) is 13.1. The fraction of sp³-hybridized carbons (Fsp3) is 0.538. The highest BCUT2D eigenvalue weighted by Gasteiger charge is 2.24. The molecule has 1 unspecified atom stereocenters. The van der Waals surface area contributed by atoms with Crippen molar-refractivity contribution in [1.82, 2.24) is 5.43 Å². The van der Waals surface area contributed by atoms with Gasteiger partial charge in [0.05, 0.1) is 7.11 Å². The lowest BCUT2D eigenvalue weighted by molar-refractivity contribution is 0.266. The molecule has 4 heteroatoms. The third-order valence-corrected chi connectivity index (χ3v) is 3.15. The van der Waals surface area contributed by atoms with E-state index >= 15 is 0 Å². The first-order valence-corrected chi connectivity index (χ1v) is 6.05. The number of hydrogen-bond donors (Lipinski definition) is 2. The van der Waals surface area contributed by atoms with Crippen molar-refractivity contribution in [3.8, 4) is 5.75 Å². The van der Waals surface area contributed by atoms with E-state index in [1.807, 2.05) is 18.2 Å². The molecule has 0 spiro atoms. The van der Waals surface area contributed by atoms with Crippen LogP contribution in [0.5, 0.6) is 5.75 Å². The lowest BCUT2D eigenvalue weighted by Gasteiger charge is -2.30. The molecule has 0 aliphatic carbocycles. The van der Waals surface area contributed by atoms with Crippen molar-refractivity contribution in [2.24, 2.45) is 11.3 Å². The summed E-state index contributed by atoms with van der Waals surface area (Å²) in [6.45, 7) is 6.44. The second kappa shape index (κ2) is 5.71. The lowest BCUT2D eigenvalue weighted by atomic mass is 9.83. The Balaban J connectivity index is 2.96. The molecule has 0 saturated heterocycles. The molecule has 3 nitrogen and oxygen atoms in total. The van der Waals surface area contributed by atoms with Crippen LogP contribution in [0.1, 0.15) is 26.3 Å². The maximum Gasteiger partial charge on any atom is 0.122 e. The second-order valence-corrected chi connectivity index (χ2v) is 5.68. The third kappa shape index (κ3) is 3.87. The Morgan fingerprint density at radius 2 is 2.06 bits per heavy atom. The van der Waals surface area contributed by atoms with Crippen molar-refractivity contribution in [2.75, 3.05) is 7.11 Å². The van der Waals surface area contributed by atoms with Crippen LogP contribution in [0, 0.1) is 5.41 Å². The smallest absolute Gasteiger partial charge is 0.122 e. The monoisotopic (exact) mass is 256 g/mol. The Bertz CT molecular complexity index is 374. The summed E-state index contributed by atoms with van der Waals surface area (Å²) in [7, 11) is 1.66. The van der Waals surface area contributed by atoms with Crippen molar-refractivity contribution in [2.45, 2.75) is 33.2 Å². The van der Waals surface area contributed by atoms with E-state index in [-0.39, 0.29) is 11.5 Å². The van der Waals surface area contributed by atoms with Crippen LogP contribution >= 0.6 is 11.6 Å². The van der Waals surface area contributed by atoms with E-state index in [9.17, 15) is 0 Å². The van der Waals surface area contributed by atoms with Crippen LogP contribution in [0.15, 0.2) is 18.2 Å². The summed E-state index contributed by atoms with van der Waals surface area (Å²) in [6.07, 6.45) is 0.781. The number of rotatable bonds is 4. The Labute approximate surface area is 108 Å². The minimum Gasteiger partial charge on any atom is -0.496 e. The van der Waals surface area contributed by atoms with Gasteiger partial charge in [-0.3, -0.25) is 11.3 Å². The van der Waals surface area contributed by atoms with Crippen molar-refractivity contribution < 1.29 is 4.74 Å². The van der Waals surface area contributed by atoms with Gasteiger partial charge in [0.2, 0.25) is 0 Å². The molecule has 3 N–H and O–H groups in total. The number of nitrogens with one attached hydrogen (secondary N) is 1. The first kappa shape index (κ1) is 14.3. The van der Waals surface area contributed by atoms with Gasteiger partial charge in [0, 0.05) is 11.1 Å². The van der Waals surface area contributed by atoms with Crippen LogP contribution in [0.25, 0.3) is 0 Å². The zero-order valence-electron chi connectivity index (χ0n) is 10.9. The predicted molar refractivity (Wildman–Crippen MR) is 72.3 cm³/mol. The van der Waals surface area contributed by atoms with Crippen LogP contribution in [-0.4, -0.2) is 13.2 Å². The highest BCUT2D eigenvalue weighted by molar-refractivity contribution is 6.30. The Hall–Kier alpha value is -0.770. The summed E-state index contributed by atoms with van der Waals surface area (Å²) in [5, 5.41) is 0.713. The van der Waals surface area contributed by atoms with E-state index in [4.69, 9.17) is 22.2 Å². The average Bonchev–Trinajstić information content (AvgIpc) is 2.24. The van der Waals surface area contributed by atoms with E-state index in [2.05, 4.69) is 26.2 Å². The van der Waals surface area contributed by atoms with Gasteiger partial charge in [0.15, 0.2) is 0 Å². The Kier molecular flexibility index (Phi) is 4.80. The molecular weight excluding hydrogens is 236 g/mol. The number of hydrazine groups is 1. The van der Waals surface area contributed by atoms with Gasteiger partial charge in [-0.05, 0) is 35.6 Å². The lowest BCUT2D eigenvalue weighted by Crippen LogP contribution is -2.45. The molecule has 1 atom stereocenters. The van der Waals surface area contributed by atoms with Crippen molar-refractivity contribution in [3.05, 3.63) is 28.8 Å². The molecule has 1 aromatic carbocycles. The second-order valence-electron chi connectivity index (χ2n) is 5.25. The van der Waals surface area contributed by atoms with E-state index in [1.54, 1.807) is 7.11 Å². The van der Waals surface area contributed by atoms with Crippen LogP contribution < -0.4 is 16.0 Å². The van der Waals surface area contributed by atoms with Gasteiger partial charge in [0.1, 0.15) is 5.75 Å². The number of methoxy groups -OCH3 is 1. The van der Waals surface area contributed by atoms with Gasteiger partial charge in [-0.25, -0.2) is 0 Å². The summed E-state index contributed by atoms with van der Waals surface area (Å²) in [6, 6.07) is 5.80. The van der Waals surface area contributed by atoms with E-state index in [0.29, 0.717) is 5.02 Å². The molecular formula is C13H21ClN2O. The number of hydrogen-bond acceptors (Lipinski definition) is 3. The van der Waals surface area contributed by atoms with Crippen LogP contribution in [0.4, 0.5) is 0 Å². The average molecular weight is 257 g/mol. The predicted octanol–water partition coefficient (Wildman–Crippen LogP) is 2.77. The minimum atomic E-state index is 0.0715. The van der Waals surface area contributed by atoms with Gasteiger partial charge in [-0.1, -0.05) is 32.4 Å². The largest absolute Gasteiger partial charge is 0.496 e. The third-order valence-electron chi connectivity index (χ3n) is 2.91. The summed E-state index contributed by atoms with van der Waals surface area (Å²) in [5.74, 6) is 6.46. The SMILES string of the molecule is COc1ccc(Cl)cc1CC(NN)C(C)(C)C. The first-order valence-electron chi connectivity index (χ1n) is 5.67. The minimum absolute atomic E-state index is 0.0715. The van der Waals surface area contributed by atoms with Crippen LogP contribution in [-0.2, 0) is 6.42 Å². The molecule has 1 rings (SSSR count).